The van der Waals surface area contributed by atoms with E-state index in [4.69, 9.17) is 0 Å². The van der Waals surface area contributed by atoms with Crippen molar-refractivity contribution in [2.45, 2.75) is 70.5 Å². The number of carboxylic acid groups (broad SMARTS) is 1. The fourth-order valence-corrected chi connectivity index (χ4v) is 5.14. The maximum Gasteiger partial charge on any atom is 0.389 e. The highest BCUT2D eigenvalue weighted by Crippen LogP contribution is 2.32. The molecule has 0 saturated carbocycles. The van der Waals surface area contributed by atoms with Gasteiger partial charge in [-0.3, -0.25) is 4.79 Å². The van der Waals surface area contributed by atoms with E-state index in [1.54, 1.807) is 30.3 Å². The smallest absolute Gasteiger partial charge is 0.389 e. The average molecular weight is 546 g/mol. The second-order valence-corrected chi connectivity index (χ2v) is 9.84. The zero-order valence-corrected chi connectivity index (χ0v) is 21.7. The van der Waals surface area contributed by atoms with E-state index in [1.807, 2.05) is 6.92 Å². The molecule has 6 nitrogen and oxygen atoms in total. The number of amides is 1. The third-order valence-electron chi connectivity index (χ3n) is 7.15. The summed E-state index contributed by atoms with van der Waals surface area (Å²) in [6.45, 7) is 2.29. The van der Waals surface area contributed by atoms with Gasteiger partial charge in [0.1, 0.15) is 11.4 Å². The molecule has 1 atom stereocenters. The first-order valence-electron chi connectivity index (χ1n) is 13.2. The van der Waals surface area contributed by atoms with Gasteiger partial charge < -0.3 is 10.0 Å². The number of benzene rings is 2. The second-order valence-electron chi connectivity index (χ2n) is 9.84. The van der Waals surface area contributed by atoms with Crippen LogP contribution in [0.2, 0.25) is 0 Å². The van der Waals surface area contributed by atoms with Crippen molar-refractivity contribution in [1.82, 2.24) is 14.7 Å². The maximum atomic E-state index is 15.8. The molecule has 0 spiro atoms. The summed E-state index contributed by atoms with van der Waals surface area (Å²) in [5.41, 5.74) is 1.63. The lowest BCUT2D eigenvalue weighted by Crippen LogP contribution is -2.44. The zero-order valence-electron chi connectivity index (χ0n) is 21.7. The van der Waals surface area contributed by atoms with E-state index in [2.05, 4.69) is 5.10 Å². The van der Waals surface area contributed by atoms with Gasteiger partial charge in [-0.05, 0) is 62.3 Å². The lowest BCUT2D eigenvalue weighted by atomic mass is 9.95. The standard InChI is InChI=1S/C29H31F4N3O3/c1-2-3-13-25-24(28(38)39)18-34-36(25)21-10-6-8-19(17-21)22-11-7-12-23(26(22)30)27(37)35-16-5-4-9-20(35)14-15-29(31,32)33/h6-8,10-12,17-18,20H,2-5,9,13-16H2,1H3,(H,38,39). The summed E-state index contributed by atoms with van der Waals surface area (Å²) in [4.78, 5) is 26.5. The van der Waals surface area contributed by atoms with Gasteiger partial charge in [-0.15, -0.1) is 0 Å². The van der Waals surface area contributed by atoms with Gasteiger partial charge in [0.05, 0.1) is 23.1 Å². The number of likely N-dealkylation sites (tertiary alicyclic amines) is 1. The quantitative estimate of drug-likeness (QED) is 0.292. The van der Waals surface area contributed by atoms with Gasteiger partial charge in [0.15, 0.2) is 0 Å². The van der Waals surface area contributed by atoms with E-state index in [9.17, 15) is 27.9 Å². The summed E-state index contributed by atoms with van der Waals surface area (Å²) in [5, 5.41) is 13.9. The lowest BCUT2D eigenvalue weighted by Gasteiger charge is -2.36. The van der Waals surface area contributed by atoms with Crippen molar-refractivity contribution in [3.8, 4) is 16.8 Å². The largest absolute Gasteiger partial charge is 0.478 e. The first kappa shape index (κ1) is 28.3. The van der Waals surface area contributed by atoms with E-state index in [0.29, 0.717) is 36.2 Å². The molecule has 1 aliphatic rings. The number of unbranched alkanes of at least 4 members (excludes halogenated alkanes) is 1. The highest BCUT2D eigenvalue weighted by Gasteiger charge is 2.34. The molecule has 1 unspecified atom stereocenters. The number of hydrogen-bond donors (Lipinski definition) is 1. The molecule has 0 radical (unpaired) electrons. The normalized spacial score (nSPS) is 15.9. The Hall–Kier alpha value is -3.69. The summed E-state index contributed by atoms with van der Waals surface area (Å²) in [5.74, 6) is -2.44. The van der Waals surface area contributed by atoms with Gasteiger partial charge in [0, 0.05) is 24.6 Å². The Morgan fingerprint density at radius 1 is 1.10 bits per heavy atom. The van der Waals surface area contributed by atoms with Crippen LogP contribution in [0.3, 0.4) is 0 Å². The average Bonchev–Trinajstić information content (AvgIpc) is 3.34. The van der Waals surface area contributed by atoms with Crippen molar-refractivity contribution in [3.63, 3.8) is 0 Å². The van der Waals surface area contributed by atoms with Crippen molar-refractivity contribution < 1.29 is 32.3 Å². The maximum absolute atomic E-state index is 15.8. The molecule has 1 aromatic heterocycles. The number of aromatic nitrogens is 2. The predicted octanol–water partition coefficient (Wildman–Crippen LogP) is 7.06. The molecule has 1 amide bonds. The number of carbonyl (C=O) groups is 2. The first-order chi connectivity index (χ1) is 18.6. The van der Waals surface area contributed by atoms with E-state index >= 15 is 4.39 Å². The Bertz CT molecular complexity index is 1340. The first-order valence-corrected chi connectivity index (χ1v) is 13.2. The van der Waals surface area contributed by atoms with E-state index in [-0.39, 0.29) is 29.7 Å². The van der Waals surface area contributed by atoms with Gasteiger partial charge in [0.25, 0.3) is 5.91 Å². The molecule has 3 aromatic rings. The minimum Gasteiger partial charge on any atom is -0.478 e. The zero-order chi connectivity index (χ0) is 28.2. The lowest BCUT2D eigenvalue weighted by molar-refractivity contribution is -0.138. The SMILES string of the molecule is CCCCc1c(C(=O)O)cnn1-c1cccc(-c2cccc(C(=O)N3CCCCC3CCC(F)(F)F)c2F)c1. The molecule has 0 bridgehead atoms. The van der Waals surface area contributed by atoms with Crippen LogP contribution in [0.5, 0.6) is 0 Å². The number of halogens is 4. The number of aromatic carboxylic acids is 1. The Kier molecular flexibility index (Phi) is 8.72. The summed E-state index contributed by atoms with van der Waals surface area (Å²) in [7, 11) is 0. The third kappa shape index (κ3) is 6.49. The number of piperidine rings is 1. The van der Waals surface area contributed by atoms with Gasteiger partial charge >= 0.3 is 12.1 Å². The summed E-state index contributed by atoms with van der Waals surface area (Å²) in [6.07, 6.45) is -0.254. The highest BCUT2D eigenvalue weighted by atomic mass is 19.4. The molecule has 2 aromatic carbocycles. The Morgan fingerprint density at radius 3 is 2.59 bits per heavy atom. The number of alkyl halides is 3. The molecule has 1 saturated heterocycles. The Morgan fingerprint density at radius 2 is 1.87 bits per heavy atom. The number of carboxylic acids is 1. The topological polar surface area (TPSA) is 75.4 Å². The molecule has 0 aliphatic carbocycles. The van der Waals surface area contributed by atoms with Crippen LogP contribution in [-0.2, 0) is 6.42 Å². The van der Waals surface area contributed by atoms with Crippen LogP contribution in [0.15, 0.2) is 48.7 Å². The molecular weight excluding hydrogens is 514 g/mol. The van der Waals surface area contributed by atoms with Crippen molar-refractivity contribution >= 4 is 11.9 Å². The van der Waals surface area contributed by atoms with Crippen LogP contribution >= 0.6 is 0 Å². The van der Waals surface area contributed by atoms with Crippen molar-refractivity contribution in [1.29, 1.82) is 0 Å². The van der Waals surface area contributed by atoms with Gasteiger partial charge in [-0.1, -0.05) is 37.6 Å². The molecule has 2 heterocycles. The van der Waals surface area contributed by atoms with Crippen LogP contribution in [0.25, 0.3) is 16.8 Å². The Balaban J connectivity index is 1.66. The van der Waals surface area contributed by atoms with Crippen molar-refractivity contribution in [2.75, 3.05) is 6.54 Å². The fourth-order valence-electron chi connectivity index (χ4n) is 5.14. The molecule has 4 rings (SSSR count). The minimum absolute atomic E-state index is 0.106. The van der Waals surface area contributed by atoms with Gasteiger partial charge in [0.2, 0.25) is 0 Å². The molecule has 208 valence electrons. The number of nitrogens with zero attached hydrogens (tertiary/aromatic N) is 3. The van der Waals surface area contributed by atoms with E-state index in [0.717, 1.165) is 19.3 Å². The van der Waals surface area contributed by atoms with Crippen LogP contribution in [0, 0.1) is 5.82 Å². The van der Waals surface area contributed by atoms with E-state index < -0.39 is 36.3 Å². The summed E-state index contributed by atoms with van der Waals surface area (Å²) in [6, 6.07) is 10.6. The van der Waals surface area contributed by atoms with Gasteiger partial charge in [-0.2, -0.15) is 18.3 Å². The van der Waals surface area contributed by atoms with Crippen LogP contribution < -0.4 is 0 Å². The summed E-state index contributed by atoms with van der Waals surface area (Å²) >= 11 is 0. The van der Waals surface area contributed by atoms with Crippen LogP contribution in [0.4, 0.5) is 17.6 Å². The second kappa shape index (κ2) is 12.0. The Labute approximate surface area is 224 Å². The van der Waals surface area contributed by atoms with E-state index in [1.165, 1.54) is 27.9 Å². The van der Waals surface area contributed by atoms with Crippen molar-refractivity contribution in [2.24, 2.45) is 0 Å². The molecular formula is C29H31F4N3O3. The van der Waals surface area contributed by atoms with Gasteiger partial charge in [-0.25, -0.2) is 13.9 Å². The fraction of sp³-hybridized carbons (Fsp3) is 0.414. The number of hydrogen-bond acceptors (Lipinski definition) is 3. The minimum atomic E-state index is -4.32. The molecule has 1 N–H and O–H groups in total. The molecule has 10 heteroatoms. The monoisotopic (exact) mass is 545 g/mol. The number of carbonyl (C=O) groups excluding carboxylic acids is 1. The summed E-state index contributed by atoms with van der Waals surface area (Å²) < 4.78 is 55.9. The van der Waals surface area contributed by atoms with Crippen molar-refractivity contribution in [3.05, 3.63) is 71.3 Å². The molecule has 1 fully saturated rings. The van der Waals surface area contributed by atoms with Crippen LogP contribution in [-0.4, -0.2) is 50.4 Å². The number of rotatable bonds is 9. The molecule has 39 heavy (non-hydrogen) atoms. The predicted molar refractivity (Wildman–Crippen MR) is 138 cm³/mol. The van der Waals surface area contributed by atoms with Crippen LogP contribution in [0.1, 0.15) is 78.3 Å². The molecule has 1 aliphatic heterocycles. The third-order valence-corrected chi connectivity index (χ3v) is 7.15. The highest BCUT2D eigenvalue weighted by molar-refractivity contribution is 5.96.